The fraction of sp³-hybridized carbons (Fsp3) is 0.400. The summed E-state index contributed by atoms with van der Waals surface area (Å²) < 4.78 is 0. The van der Waals surface area contributed by atoms with Crippen molar-refractivity contribution < 1.29 is 14.4 Å². The van der Waals surface area contributed by atoms with Gasteiger partial charge in [-0.2, -0.15) is 0 Å². The fourth-order valence-electron chi connectivity index (χ4n) is 6.42. The van der Waals surface area contributed by atoms with E-state index in [9.17, 15) is 14.4 Å². The maximum atomic E-state index is 14.0. The molecule has 1 saturated heterocycles. The van der Waals surface area contributed by atoms with Gasteiger partial charge in [-0.1, -0.05) is 29.8 Å². The van der Waals surface area contributed by atoms with Crippen LogP contribution in [0.5, 0.6) is 0 Å². The molecule has 7 nitrogen and oxygen atoms in total. The maximum Gasteiger partial charge on any atom is 0.258 e. The predicted octanol–water partition coefficient (Wildman–Crippen LogP) is 7.10. The van der Waals surface area contributed by atoms with Crippen LogP contribution in [0.2, 0.25) is 5.02 Å². The lowest BCUT2D eigenvalue weighted by Gasteiger charge is -2.36. The highest BCUT2D eigenvalue weighted by Crippen LogP contribution is 2.39. The molecule has 2 heterocycles. The van der Waals surface area contributed by atoms with E-state index in [2.05, 4.69) is 24.3 Å². The Hall–Kier alpha value is -3.39. The highest BCUT2D eigenvalue weighted by atomic mass is 35.5. The van der Waals surface area contributed by atoms with Crippen molar-refractivity contribution in [3.63, 3.8) is 0 Å². The minimum atomic E-state index is -0.183. The molecular formula is C35H42Cl2N4O3. The summed E-state index contributed by atoms with van der Waals surface area (Å²) >= 11 is 6.47. The first-order valence-corrected chi connectivity index (χ1v) is 15.5. The molecule has 0 aliphatic carbocycles. The van der Waals surface area contributed by atoms with Gasteiger partial charge in [-0.3, -0.25) is 14.4 Å². The highest BCUT2D eigenvalue weighted by Gasteiger charge is 2.31. The van der Waals surface area contributed by atoms with Gasteiger partial charge in [0, 0.05) is 59.6 Å². The van der Waals surface area contributed by atoms with Crippen LogP contribution in [0.15, 0.2) is 60.7 Å². The summed E-state index contributed by atoms with van der Waals surface area (Å²) in [5.74, 6) is -0.120. The number of nitrogens with zero attached hydrogens (tertiary/aromatic N) is 3. The van der Waals surface area contributed by atoms with Crippen molar-refractivity contribution in [1.29, 1.82) is 0 Å². The summed E-state index contributed by atoms with van der Waals surface area (Å²) in [4.78, 5) is 46.3. The van der Waals surface area contributed by atoms with Crippen LogP contribution in [-0.2, 0) is 4.79 Å². The molecule has 0 radical (unpaired) electrons. The average molecular weight is 638 g/mol. The molecule has 0 saturated carbocycles. The molecule has 44 heavy (non-hydrogen) atoms. The molecular weight excluding hydrogens is 595 g/mol. The summed E-state index contributed by atoms with van der Waals surface area (Å²) in [6.45, 7) is 5.91. The maximum absolute atomic E-state index is 14.0. The van der Waals surface area contributed by atoms with Gasteiger partial charge in [0.25, 0.3) is 11.8 Å². The van der Waals surface area contributed by atoms with Gasteiger partial charge in [-0.05, 0) is 119 Å². The van der Waals surface area contributed by atoms with Crippen molar-refractivity contribution in [1.82, 2.24) is 9.80 Å². The number of carbonyl (C=O) groups excluding carboxylic acids is 3. The van der Waals surface area contributed by atoms with Crippen LogP contribution < -0.4 is 10.2 Å². The van der Waals surface area contributed by atoms with Gasteiger partial charge in [0.1, 0.15) is 0 Å². The Morgan fingerprint density at radius 1 is 0.886 bits per heavy atom. The molecule has 3 aromatic rings. The topological polar surface area (TPSA) is 73.0 Å². The standard InChI is InChI=1S/C35H41ClN4O3.ClH/c1-23-8-5-6-10-29(23)34(42)37-27-12-13-30(24(2)20-27)35(43)40-17-7-9-25(31-22-26(36)11-14-32(31)40)21-33(41)39-18-15-28(16-19-39)38(3)4;/h5-6,8,10-14,20,22,25,28H,7,9,15-19,21H2,1-4H3,(H,37,42);1H. The second-order valence-corrected chi connectivity index (χ2v) is 12.5. The number of anilines is 2. The van der Waals surface area contributed by atoms with Gasteiger partial charge < -0.3 is 20.0 Å². The molecule has 1 atom stereocenters. The highest BCUT2D eigenvalue weighted by molar-refractivity contribution is 6.30. The third kappa shape index (κ3) is 7.45. The molecule has 5 rings (SSSR count). The van der Waals surface area contributed by atoms with Gasteiger partial charge in [-0.15, -0.1) is 12.4 Å². The molecule has 1 unspecified atom stereocenters. The third-order valence-corrected chi connectivity index (χ3v) is 9.21. The Kier molecular flexibility index (Phi) is 11.1. The van der Waals surface area contributed by atoms with Crippen LogP contribution >= 0.6 is 24.0 Å². The van der Waals surface area contributed by atoms with Gasteiger partial charge in [-0.25, -0.2) is 0 Å². The number of carbonyl (C=O) groups is 3. The number of nitrogens with one attached hydrogen (secondary N) is 1. The quantitative estimate of drug-likeness (QED) is 0.313. The van der Waals surface area contributed by atoms with E-state index in [1.807, 2.05) is 66.1 Å². The van der Waals surface area contributed by atoms with Crippen molar-refractivity contribution in [2.75, 3.05) is 43.9 Å². The molecule has 3 aromatic carbocycles. The van der Waals surface area contributed by atoms with Crippen LogP contribution in [0, 0.1) is 13.8 Å². The van der Waals surface area contributed by atoms with Gasteiger partial charge >= 0.3 is 0 Å². The molecule has 1 N–H and O–H groups in total. The van der Waals surface area contributed by atoms with Crippen molar-refractivity contribution in [2.45, 2.75) is 57.9 Å². The van der Waals surface area contributed by atoms with E-state index in [1.165, 1.54) is 0 Å². The zero-order valence-corrected chi connectivity index (χ0v) is 27.5. The first-order chi connectivity index (χ1) is 20.6. The van der Waals surface area contributed by atoms with E-state index in [1.54, 1.807) is 18.2 Å². The molecule has 0 bridgehead atoms. The number of fused-ring (bicyclic) bond motifs is 1. The molecule has 2 aliphatic heterocycles. The SMILES string of the molecule is Cc1ccccc1C(=O)Nc1ccc(C(=O)N2CCCC(CC(=O)N3CCC(N(C)C)CC3)c3cc(Cl)ccc32)c(C)c1.Cl. The smallest absolute Gasteiger partial charge is 0.258 e. The number of halogens is 2. The lowest BCUT2D eigenvalue weighted by Crippen LogP contribution is -2.44. The number of amides is 3. The van der Waals surface area contributed by atoms with E-state index >= 15 is 0 Å². The zero-order chi connectivity index (χ0) is 30.7. The minimum Gasteiger partial charge on any atom is -0.343 e. The molecule has 234 valence electrons. The Bertz CT molecular complexity index is 1520. The minimum absolute atomic E-state index is 0. The van der Waals surface area contributed by atoms with Crippen LogP contribution in [0.3, 0.4) is 0 Å². The van der Waals surface area contributed by atoms with Crippen LogP contribution in [0.25, 0.3) is 0 Å². The lowest BCUT2D eigenvalue weighted by atomic mass is 9.90. The summed E-state index contributed by atoms with van der Waals surface area (Å²) in [6.07, 6.45) is 3.97. The number of hydrogen-bond acceptors (Lipinski definition) is 4. The number of benzene rings is 3. The fourth-order valence-corrected chi connectivity index (χ4v) is 6.60. The molecule has 9 heteroatoms. The van der Waals surface area contributed by atoms with E-state index < -0.39 is 0 Å². The molecule has 1 fully saturated rings. The van der Waals surface area contributed by atoms with E-state index in [0.29, 0.717) is 40.8 Å². The van der Waals surface area contributed by atoms with Gasteiger partial charge in [0.2, 0.25) is 5.91 Å². The van der Waals surface area contributed by atoms with Crippen LogP contribution in [-0.4, -0.2) is 67.3 Å². The van der Waals surface area contributed by atoms with E-state index in [-0.39, 0.29) is 36.0 Å². The Morgan fingerprint density at radius 2 is 1.61 bits per heavy atom. The van der Waals surface area contributed by atoms with E-state index in [0.717, 1.165) is 61.2 Å². The van der Waals surface area contributed by atoms with Gasteiger partial charge in [0.15, 0.2) is 0 Å². The monoisotopic (exact) mass is 636 g/mol. The lowest BCUT2D eigenvalue weighted by molar-refractivity contribution is -0.133. The first kappa shape index (κ1) is 33.5. The number of rotatable bonds is 6. The Balaban J connectivity index is 0.00000442. The normalized spacial score (nSPS) is 17.0. The summed E-state index contributed by atoms with van der Waals surface area (Å²) in [6, 6.07) is 19.0. The van der Waals surface area contributed by atoms with Crippen molar-refractivity contribution in [2.24, 2.45) is 0 Å². The predicted molar refractivity (Wildman–Crippen MR) is 181 cm³/mol. The molecule has 0 spiro atoms. The second kappa shape index (κ2) is 14.6. The second-order valence-electron chi connectivity index (χ2n) is 12.1. The van der Waals surface area contributed by atoms with Crippen LogP contribution in [0.1, 0.15) is 75.4 Å². The van der Waals surface area contributed by atoms with Gasteiger partial charge in [0.05, 0.1) is 0 Å². The third-order valence-electron chi connectivity index (χ3n) is 8.97. The molecule has 2 aliphatic rings. The number of aryl methyl sites for hydroxylation is 2. The number of likely N-dealkylation sites (tertiary alicyclic amines) is 1. The Labute approximate surface area is 272 Å². The Morgan fingerprint density at radius 3 is 2.30 bits per heavy atom. The first-order valence-electron chi connectivity index (χ1n) is 15.2. The average Bonchev–Trinajstić information content (AvgIpc) is 3.16. The summed E-state index contributed by atoms with van der Waals surface area (Å²) in [5, 5.41) is 3.56. The molecule has 0 aromatic heterocycles. The van der Waals surface area contributed by atoms with Crippen molar-refractivity contribution in [3.05, 3.63) is 93.5 Å². The number of hydrogen-bond donors (Lipinski definition) is 1. The number of piperidine rings is 1. The van der Waals surface area contributed by atoms with Crippen molar-refractivity contribution in [3.8, 4) is 0 Å². The largest absolute Gasteiger partial charge is 0.343 e. The summed E-state index contributed by atoms with van der Waals surface area (Å²) in [7, 11) is 4.20. The van der Waals surface area contributed by atoms with Crippen LogP contribution in [0.4, 0.5) is 11.4 Å². The summed E-state index contributed by atoms with van der Waals surface area (Å²) in [5.41, 5.74) is 5.28. The molecule has 3 amide bonds. The van der Waals surface area contributed by atoms with Crippen molar-refractivity contribution >= 4 is 53.1 Å². The zero-order valence-electron chi connectivity index (χ0n) is 25.9. The van der Waals surface area contributed by atoms with E-state index in [4.69, 9.17) is 11.6 Å².